The molecule has 90 valence electrons. The Bertz CT molecular complexity index is 143. The van der Waals surface area contributed by atoms with Crippen molar-refractivity contribution in [2.45, 2.75) is 70.9 Å². The number of hydrogen-bond donors (Lipinski definition) is 1. The molecule has 0 aromatic carbocycles. The van der Waals surface area contributed by atoms with Gasteiger partial charge in [-0.25, -0.2) is 0 Å². The largest absolute Gasteiger partial charge is 0.378 e. The van der Waals surface area contributed by atoms with Crippen LogP contribution in [0.3, 0.4) is 0 Å². The van der Waals surface area contributed by atoms with Crippen molar-refractivity contribution in [1.82, 2.24) is 5.32 Å². The summed E-state index contributed by atoms with van der Waals surface area (Å²) in [6, 6.07) is 0.704. The molecule has 1 heterocycles. The van der Waals surface area contributed by atoms with Gasteiger partial charge in [-0.2, -0.15) is 0 Å². The molecule has 0 aromatic rings. The van der Waals surface area contributed by atoms with E-state index in [9.17, 15) is 0 Å². The van der Waals surface area contributed by atoms with E-state index >= 15 is 0 Å². The van der Waals surface area contributed by atoms with Crippen LogP contribution in [-0.4, -0.2) is 25.3 Å². The van der Waals surface area contributed by atoms with E-state index in [2.05, 4.69) is 19.2 Å². The lowest BCUT2D eigenvalue weighted by atomic mass is 10.0. The molecule has 2 atom stereocenters. The first-order chi connectivity index (χ1) is 7.36. The molecular weight excluding hydrogens is 186 g/mol. The van der Waals surface area contributed by atoms with Crippen molar-refractivity contribution >= 4 is 0 Å². The fraction of sp³-hybridized carbons (Fsp3) is 1.00. The number of rotatable bonds is 7. The van der Waals surface area contributed by atoms with Gasteiger partial charge in [0.15, 0.2) is 0 Å². The first-order valence-corrected chi connectivity index (χ1v) is 6.71. The van der Waals surface area contributed by atoms with Crippen LogP contribution in [-0.2, 0) is 4.74 Å². The molecule has 0 amide bonds. The zero-order valence-corrected chi connectivity index (χ0v) is 10.4. The summed E-state index contributed by atoms with van der Waals surface area (Å²) in [7, 11) is 0. The average molecular weight is 213 g/mol. The molecule has 0 radical (unpaired) electrons. The first-order valence-electron chi connectivity index (χ1n) is 6.71. The van der Waals surface area contributed by atoms with Crippen LogP contribution in [0.2, 0.25) is 0 Å². The van der Waals surface area contributed by atoms with Gasteiger partial charge >= 0.3 is 0 Å². The van der Waals surface area contributed by atoms with Crippen molar-refractivity contribution < 1.29 is 4.74 Å². The molecule has 0 bridgehead atoms. The van der Waals surface area contributed by atoms with Crippen molar-refractivity contribution in [3.05, 3.63) is 0 Å². The van der Waals surface area contributed by atoms with Crippen LogP contribution in [0, 0.1) is 0 Å². The summed E-state index contributed by atoms with van der Waals surface area (Å²) in [4.78, 5) is 0. The summed E-state index contributed by atoms with van der Waals surface area (Å²) >= 11 is 0. The zero-order chi connectivity index (χ0) is 10.9. The molecule has 0 aromatic heterocycles. The molecule has 1 aliphatic heterocycles. The smallest absolute Gasteiger partial charge is 0.0575 e. The molecule has 0 saturated carbocycles. The van der Waals surface area contributed by atoms with Crippen LogP contribution in [0.5, 0.6) is 0 Å². The predicted octanol–water partition coefficient (Wildman–Crippen LogP) is 3.11. The molecule has 15 heavy (non-hydrogen) atoms. The standard InChI is InChI=1S/C13H27NO/c1-3-10-14-12(4-2)8-9-13-7-5-6-11-15-13/h12-14H,3-11H2,1-2H3. The topological polar surface area (TPSA) is 21.3 Å². The van der Waals surface area contributed by atoms with Gasteiger partial charge in [0.25, 0.3) is 0 Å². The van der Waals surface area contributed by atoms with Crippen molar-refractivity contribution in [2.24, 2.45) is 0 Å². The van der Waals surface area contributed by atoms with Crippen LogP contribution in [0.15, 0.2) is 0 Å². The molecule has 2 nitrogen and oxygen atoms in total. The molecule has 1 saturated heterocycles. The molecule has 0 spiro atoms. The highest BCUT2D eigenvalue weighted by atomic mass is 16.5. The number of ether oxygens (including phenoxy) is 1. The zero-order valence-electron chi connectivity index (χ0n) is 10.4. The molecule has 2 unspecified atom stereocenters. The molecule has 1 N–H and O–H groups in total. The SMILES string of the molecule is CCCNC(CC)CCC1CCCCO1. The minimum Gasteiger partial charge on any atom is -0.378 e. The highest BCUT2D eigenvalue weighted by molar-refractivity contribution is 4.70. The van der Waals surface area contributed by atoms with E-state index in [4.69, 9.17) is 4.74 Å². The van der Waals surface area contributed by atoms with E-state index in [1.54, 1.807) is 0 Å². The van der Waals surface area contributed by atoms with E-state index in [0.717, 1.165) is 13.2 Å². The van der Waals surface area contributed by atoms with Crippen molar-refractivity contribution in [3.8, 4) is 0 Å². The highest BCUT2D eigenvalue weighted by Crippen LogP contribution is 2.18. The van der Waals surface area contributed by atoms with Crippen LogP contribution in [0.4, 0.5) is 0 Å². The van der Waals surface area contributed by atoms with Gasteiger partial charge in [0.2, 0.25) is 0 Å². The number of nitrogens with one attached hydrogen (secondary N) is 1. The third kappa shape index (κ3) is 5.53. The maximum atomic E-state index is 5.75. The third-order valence-corrected chi connectivity index (χ3v) is 3.29. The molecule has 1 rings (SSSR count). The molecular formula is C13H27NO. The molecule has 2 heteroatoms. The lowest BCUT2D eigenvalue weighted by Gasteiger charge is -2.25. The lowest BCUT2D eigenvalue weighted by molar-refractivity contribution is 0.00853. The van der Waals surface area contributed by atoms with Gasteiger partial charge < -0.3 is 10.1 Å². The second-order valence-electron chi connectivity index (χ2n) is 4.63. The summed E-state index contributed by atoms with van der Waals surface area (Å²) in [5.74, 6) is 0. The van der Waals surface area contributed by atoms with Crippen LogP contribution < -0.4 is 5.32 Å². The lowest BCUT2D eigenvalue weighted by Crippen LogP contribution is -2.31. The van der Waals surface area contributed by atoms with E-state index in [-0.39, 0.29) is 0 Å². The van der Waals surface area contributed by atoms with Gasteiger partial charge in [0.05, 0.1) is 6.10 Å². The Kier molecular flexibility index (Phi) is 7.03. The van der Waals surface area contributed by atoms with E-state index in [1.807, 2.05) is 0 Å². The fourth-order valence-corrected chi connectivity index (χ4v) is 2.22. The monoisotopic (exact) mass is 213 g/mol. The Morgan fingerprint density at radius 1 is 1.33 bits per heavy atom. The van der Waals surface area contributed by atoms with Crippen molar-refractivity contribution in [3.63, 3.8) is 0 Å². The normalized spacial score (nSPS) is 24.0. The third-order valence-electron chi connectivity index (χ3n) is 3.29. The minimum atomic E-state index is 0.552. The second kappa shape index (κ2) is 8.12. The highest BCUT2D eigenvalue weighted by Gasteiger charge is 2.15. The Labute approximate surface area is 94.8 Å². The van der Waals surface area contributed by atoms with Crippen LogP contribution >= 0.6 is 0 Å². The van der Waals surface area contributed by atoms with Crippen LogP contribution in [0.1, 0.15) is 58.8 Å². The van der Waals surface area contributed by atoms with Crippen molar-refractivity contribution in [2.75, 3.05) is 13.2 Å². The molecule has 0 aliphatic carbocycles. The van der Waals surface area contributed by atoms with Crippen LogP contribution in [0.25, 0.3) is 0 Å². The summed E-state index contributed by atoms with van der Waals surface area (Å²) in [6.45, 7) is 6.65. The van der Waals surface area contributed by atoms with Gasteiger partial charge in [0.1, 0.15) is 0 Å². The Balaban J connectivity index is 2.09. The van der Waals surface area contributed by atoms with Crippen molar-refractivity contribution in [1.29, 1.82) is 0 Å². The van der Waals surface area contributed by atoms with Gasteiger partial charge in [0, 0.05) is 12.6 Å². The molecule has 1 fully saturated rings. The van der Waals surface area contributed by atoms with Gasteiger partial charge in [-0.15, -0.1) is 0 Å². The Morgan fingerprint density at radius 2 is 2.20 bits per heavy atom. The minimum absolute atomic E-state index is 0.552. The summed E-state index contributed by atoms with van der Waals surface area (Å²) < 4.78 is 5.75. The second-order valence-corrected chi connectivity index (χ2v) is 4.63. The summed E-state index contributed by atoms with van der Waals surface area (Å²) in [5.41, 5.74) is 0. The Hall–Kier alpha value is -0.0800. The maximum absolute atomic E-state index is 5.75. The van der Waals surface area contributed by atoms with Gasteiger partial charge in [-0.3, -0.25) is 0 Å². The molecule has 1 aliphatic rings. The predicted molar refractivity (Wildman–Crippen MR) is 65.2 cm³/mol. The maximum Gasteiger partial charge on any atom is 0.0575 e. The quantitative estimate of drug-likeness (QED) is 0.701. The summed E-state index contributed by atoms with van der Waals surface area (Å²) in [5, 5.41) is 3.60. The Morgan fingerprint density at radius 3 is 2.80 bits per heavy atom. The fourth-order valence-electron chi connectivity index (χ4n) is 2.22. The average Bonchev–Trinajstić information content (AvgIpc) is 2.31. The summed E-state index contributed by atoms with van der Waals surface area (Å²) in [6.07, 6.45) is 9.46. The van der Waals surface area contributed by atoms with Gasteiger partial charge in [-0.1, -0.05) is 13.8 Å². The first kappa shape index (κ1) is 13.0. The van der Waals surface area contributed by atoms with E-state index in [0.29, 0.717) is 12.1 Å². The van der Waals surface area contributed by atoms with E-state index in [1.165, 1.54) is 44.9 Å². The van der Waals surface area contributed by atoms with Gasteiger partial charge in [-0.05, 0) is 51.5 Å². The van der Waals surface area contributed by atoms with E-state index < -0.39 is 0 Å². The number of hydrogen-bond acceptors (Lipinski definition) is 2.